The molecule has 1 fully saturated rings. The highest BCUT2D eigenvalue weighted by Gasteiger charge is 2.24. The highest BCUT2D eigenvalue weighted by molar-refractivity contribution is 6.33. The third kappa shape index (κ3) is 5.66. The molecular weight excluding hydrogens is 354 g/mol. The number of carboxylic acids is 1. The highest BCUT2D eigenvalue weighted by Crippen LogP contribution is 2.26. The molecule has 136 valence electrons. The number of carbonyl (C=O) groups excluding carboxylic acids is 1. The number of anilines is 1. The van der Waals surface area contributed by atoms with E-state index in [1.165, 1.54) is 12.1 Å². The predicted octanol–water partition coefficient (Wildman–Crippen LogP) is 1.80. The molecule has 1 amide bonds. The average molecular weight is 372 g/mol. The Morgan fingerprint density at radius 3 is 2.84 bits per heavy atom. The van der Waals surface area contributed by atoms with Gasteiger partial charge in [-0.3, -0.25) is 19.7 Å². The van der Waals surface area contributed by atoms with Gasteiger partial charge in [-0.2, -0.15) is 0 Å². The van der Waals surface area contributed by atoms with E-state index in [4.69, 9.17) is 16.3 Å². The van der Waals surface area contributed by atoms with Gasteiger partial charge < -0.3 is 20.5 Å². The molecular formula is C15H18ClN3O6. The van der Waals surface area contributed by atoms with E-state index < -0.39 is 22.8 Å². The van der Waals surface area contributed by atoms with Crippen molar-refractivity contribution >= 4 is 34.9 Å². The van der Waals surface area contributed by atoms with E-state index >= 15 is 0 Å². The lowest BCUT2D eigenvalue weighted by molar-refractivity contribution is -0.384. The van der Waals surface area contributed by atoms with Crippen molar-refractivity contribution < 1.29 is 24.4 Å². The van der Waals surface area contributed by atoms with Gasteiger partial charge in [0, 0.05) is 25.3 Å². The number of carbonyl (C=O) groups is 2. The van der Waals surface area contributed by atoms with E-state index in [0.717, 1.165) is 18.9 Å². The minimum atomic E-state index is -1.17. The number of hydrogen-bond acceptors (Lipinski definition) is 6. The molecule has 1 aromatic carbocycles. The first-order valence-electron chi connectivity index (χ1n) is 7.68. The molecule has 1 aliphatic rings. The fraction of sp³-hybridized carbons (Fsp3) is 0.467. The van der Waals surface area contributed by atoms with Crippen molar-refractivity contribution in [2.75, 3.05) is 18.5 Å². The van der Waals surface area contributed by atoms with E-state index in [9.17, 15) is 24.8 Å². The first-order chi connectivity index (χ1) is 11.9. The largest absolute Gasteiger partial charge is 0.480 e. The molecule has 10 heteroatoms. The maximum Gasteiger partial charge on any atom is 0.321 e. The number of nitro benzene ring substituents is 1. The number of amides is 1. The molecule has 0 aromatic heterocycles. The third-order valence-electron chi connectivity index (χ3n) is 3.74. The molecule has 2 unspecified atom stereocenters. The Balaban J connectivity index is 1.95. The van der Waals surface area contributed by atoms with Crippen LogP contribution in [0.2, 0.25) is 5.02 Å². The molecule has 2 rings (SSSR count). The molecule has 0 spiro atoms. The zero-order valence-corrected chi connectivity index (χ0v) is 14.0. The van der Waals surface area contributed by atoms with Crippen molar-refractivity contribution in [3.63, 3.8) is 0 Å². The predicted molar refractivity (Wildman–Crippen MR) is 89.8 cm³/mol. The maximum absolute atomic E-state index is 12.1. The van der Waals surface area contributed by atoms with Crippen LogP contribution in [0.15, 0.2) is 18.2 Å². The minimum absolute atomic E-state index is 0.0591. The standard InChI is InChI=1S/C15H18ClN3O6/c16-11-4-3-9(19(23)24)6-12(11)18-14(20)7-13(15(21)22)17-8-10-2-1-5-25-10/h3-4,6,10,13,17H,1-2,5,7-8H2,(H,18,20)(H,21,22). The lowest BCUT2D eigenvalue weighted by Gasteiger charge is -2.17. The second-order valence-electron chi connectivity index (χ2n) is 5.61. The van der Waals surface area contributed by atoms with Gasteiger partial charge in [-0.1, -0.05) is 11.6 Å². The van der Waals surface area contributed by atoms with Gasteiger partial charge in [-0.25, -0.2) is 0 Å². The molecule has 0 saturated carbocycles. The van der Waals surface area contributed by atoms with Gasteiger partial charge in [0.1, 0.15) is 6.04 Å². The Kier molecular flexibility index (Phi) is 6.68. The minimum Gasteiger partial charge on any atom is -0.480 e. The summed E-state index contributed by atoms with van der Waals surface area (Å²) in [7, 11) is 0. The molecule has 1 aliphatic heterocycles. The smallest absolute Gasteiger partial charge is 0.321 e. The molecule has 0 radical (unpaired) electrons. The lowest BCUT2D eigenvalue weighted by Crippen LogP contribution is -2.43. The van der Waals surface area contributed by atoms with E-state index in [1.807, 2.05) is 0 Å². The van der Waals surface area contributed by atoms with E-state index in [-0.39, 0.29) is 28.9 Å². The zero-order chi connectivity index (χ0) is 18.4. The normalized spacial score (nSPS) is 17.9. The Hall–Kier alpha value is -2.23. The summed E-state index contributed by atoms with van der Waals surface area (Å²) in [6.45, 7) is 0.984. The van der Waals surface area contributed by atoms with Crippen LogP contribution in [0.25, 0.3) is 0 Å². The number of nitrogens with zero attached hydrogens (tertiary/aromatic N) is 1. The number of ether oxygens (including phenoxy) is 1. The molecule has 9 nitrogen and oxygen atoms in total. The molecule has 3 N–H and O–H groups in total. The summed E-state index contributed by atoms with van der Waals surface area (Å²) in [4.78, 5) is 33.5. The van der Waals surface area contributed by atoms with Crippen molar-refractivity contribution in [1.29, 1.82) is 0 Å². The summed E-state index contributed by atoms with van der Waals surface area (Å²) in [5.41, 5.74) is -0.171. The molecule has 25 heavy (non-hydrogen) atoms. The van der Waals surface area contributed by atoms with Crippen LogP contribution < -0.4 is 10.6 Å². The summed E-state index contributed by atoms with van der Waals surface area (Å²) in [6, 6.07) is 2.53. The van der Waals surface area contributed by atoms with Crippen LogP contribution >= 0.6 is 11.6 Å². The molecule has 2 atom stereocenters. The van der Waals surface area contributed by atoms with Crippen LogP contribution in [-0.4, -0.2) is 47.2 Å². The fourth-order valence-corrected chi connectivity index (χ4v) is 2.60. The Morgan fingerprint density at radius 2 is 2.24 bits per heavy atom. The van der Waals surface area contributed by atoms with Gasteiger partial charge in [0.05, 0.1) is 28.2 Å². The van der Waals surface area contributed by atoms with Crippen LogP contribution in [0, 0.1) is 10.1 Å². The number of nitro groups is 1. The average Bonchev–Trinajstić information content (AvgIpc) is 3.06. The van der Waals surface area contributed by atoms with Gasteiger partial charge in [0.25, 0.3) is 5.69 Å². The number of rotatable bonds is 8. The summed E-state index contributed by atoms with van der Waals surface area (Å²) < 4.78 is 5.40. The Bertz CT molecular complexity index is 663. The molecule has 1 saturated heterocycles. The quantitative estimate of drug-likeness (QED) is 0.469. The van der Waals surface area contributed by atoms with E-state index in [2.05, 4.69) is 10.6 Å². The van der Waals surface area contributed by atoms with Crippen molar-refractivity contribution in [2.45, 2.75) is 31.4 Å². The van der Waals surface area contributed by atoms with Crippen LogP contribution in [0.4, 0.5) is 11.4 Å². The number of halogens is 1. The topological polar surface area (TPSA) is 131 Å². The maximum atomic E-state index is 12.1. The second-order valence-corrected chi connectivity index (χ2v) is 6.01. The summed E-state index contributed by atoms with van der Waals surface area (Å²) in [5, 5.41) is 25.3. The monoisotopic (exact) mass is 371 g/mol. The number of carboxylic acid groups (broad SMARTS) is 1. The number of aliphatic carboxylic acids is 1. The number of non-ortho nitro benzene ring substituents is 1. The van der Waals surface area contributed by atoms with E-state index in [0.29, 0.717) is 13.2 Å². The van der Waals surface area contributed by atoms with Crippen molar-refractivity contribution in [3.8, 4) is 0 Å². The zero-order valence-electron chi connectivity index (χ0n) is 13.2. The summed E-state index contributed by atoms with van der Waals surface area (Å²) in [5.74, 6) is -1.78. The number of nitrogens with one attached hydrogen (secondary N) is 2. The van der Waals surface area contributed by atoms with Gasteiger partial charge in [-0.15, -0.1) is 0 Å². The van der Waals surface area contributed by atoms with Crippen LogP contribution in [0.3, 0.4) is 0 Å². The number of benzene rings is 1. The highest BCUT2D eigenvalue weighted by atomic mass is 35.5. The molecule has 1 heterocycles. The van der Waals surface area contributed by atoms with Gasteiger partial charge in [0.15, 0.2) is 0 Å². The van der Waals surface area contributed by atoms with Crippen LogP contribution in [0.5, 0.6) is 0 Å². The number of hydrogen-bond donors (Lipinski definition) is 3. The second kappa shape index (κ2) is 8.75. The Morgan fingerprint density at radius 1 is 1.48 bits per heavy atom. The lowest BCUT2D eigenvalue weighted by atomic mass is 10.1. The molecule has 1 aromatic rings. The van der Waals surface area contributed by atoms with Gasteiger partial charge in [-0.05, 0) is 18.9 Å². The molecule has 0 bridgehead atoms. The van der Waals surface area contributed by atoms with Crippen molar-refractivity contribution in [3.05, 3.63) is 33.3 Å². The summed E-state index contributed by atoms with van der Waals surface area (Å²) in [6.07, 6.45) is 1.36. The van der Waals surface area contributed by atoms with Crippen molar-refractivity contribution in [1.82, 2.24) is 5.32 Å². The van der Waals surface area contributed by atoms with Gasteiger partial charge >= 0.3 is 5.97 Å². The molecule has 0 aliphatic carbocycles. The van der Waals surface area contributed by atoms with Crippen LogP contribution in [0.1, 0.15) is 19.3 Å². The fourth-order valence-electron chi connectivity index (χ4n) is 2.44. The third-order valence-corrected chi connectivity index (χ3v) is 4.07. The Labute approximate surface area is 148 Å². The SMILES string of the molecule is O=C(CC(NCC1CCCO1)C(=O)O)Nc1cc([N+](=O)[O-])ccc1Cl. The first kappa shape index (κ1) is 19.1. The van der Waals surface area contributed by atoms with Crippen molar-refractivity contribution in [2.24, 2.45) is 0 Å². The van der Waals surface area contributed by atoms with Crippen LogP contribution in [-0.2, 0) is 14.3 Å². The van der Waals surface area contributed by atoms with Gasteiger partial charge in [0.2, 0.25) is 5.91 Å². The summed E-state index contributed by atoms with van der Waals surface area (Å²) >= 11 is 5.91. The van der Waals surface area contributed by atoms with E-state index in [1.54, 1.807) is 0 Å². The first-order valence-corrected chi connectivity index (χ1v) is 8.06.